The molecule has 200 valence electrons. The van der Waals surface area contributed by atoms with E-state index in [1.165, 1.54) is 14.7 Å². The number of esters is 1. The van der Waals surface area contributed by atoms with E-state index in [2.05, 4.69) is 45.0 Å². The molecule has 1 aliphatic rings. The Labute approximate surface area is 228 Å². The first-order valence-electron chi connectivity index (χ1n) is 13.0. The lowest BCUT2D eigenvalue weighted by atomic mass is 10.2. The first-order valence-corrected chi connectivity index (χ1v) is 16.5. The molecule has 0 amide bonds. The number of carbonyl (C=O) groups is 1. The number of rotatable bonds is 7. The van der Waals surface area contributed by atoms with Gasteiger partial charge in [0, 0.05) is 5.70 Å². The quantitative estimate of drug-likeness (QED) is 0.301. The Balaban J connectivity index is 2.06. The molecule has 0 aliphatic carbocycles. The van der Waals surface area contributed by atoms with Crippen molar-refractivity contribution >= 4 is 34.4 Å². The van der Waals surface area contributed by atoms with Crippen molar-refractivity contribution in [1.82, 2.24) is 4.31 Å². The van der Waals surface area contributed by atoms with Gasteiger partial charge in [-0.1, -0.05) is 99.1 Å². The van der Waals surface area contributed by atoms with Crippen molar-refractivity contribution in [3.8, 4) is 0 Å². The van der Waals surface area contributed by atoms with Crippen LogP contribution in [0.15, 0.2) is 101 Å². The zero-order valence-corrected chi connectivity index (χ0v) is 24.9. The van der Waals surface area contributed by atoms with Gasteiger partial charge in [0.25, 0.3) is 10.0 Å². The molecule has 1 unspecified atom stereocenters. The predicted molar refractivity (Wildman–Crippen MR) is 156 cm³/mol. The Morgan fingerprint density at radius 3 is 1.84 bits per heavy atom. The molecule has 0 fully saturated rings. The third-order valence-electron chi connectivity index (χ3n) is 7.58. The average Bonchev–Trinajstić information content (AvgIpc) is 3.23. The fourth-order valence-corrected chi connectivity index (χ4v) is 14.0. The Morgan fingerprint density at radius 2 is 1.39 bits per heavy atom. The second kappa shape index (κ2) is 10.5. The van der Waals surface area contributed by atoms with Crippen LogP contribution in [0.2, 0.25) is 5.04 Å². The summed E-state index contributed by atoms with van der Waals surface area (Å²) in [7, 11) is -6.88. The third-order valence-corrected chi connectivity index (χ3v) is 15.6. The minimum atomic E-state index is -4.02. The molecule has 1 heterocycles. The van der Waals surface area contributed by atoms with Crippen molar-refractivity contribution in [1.29, 1.82) is 0 Å². The summed E-state index contributed by atoms with van der Waals surface area (Å²) in [4.78, 5) is 13.6. The van der Waals surface area contributed by atoms with Gasteiger partial charge >= 0.3 is 5.97 Å². The van der Waals surface area contributed by atoms with Crippen LogP contribution < -0.4 is 10.4 Å². The van der Waals surface area contributed by atoms with E-state index in [9.17, 15) is 13.2 Å². The molecule has 0 radical (unpaired) electrons. The van der Waals surface area contributed by atoms with Crippen LogP contribution in [0.25, 0.3) is 0 Å². The van der Waals surface area contributed by atoms with E-state index in [1.54, 1.807) is 31.2 Å². The van der Waals surface area contributed by atoms with Gasteiger partial charge in [-0.2, -0.15) is 0 Å². The summed E-state index contributed by atoms with van der Waals surface area (Å²) in [6.45, 7) is 12.4. The maximum absolute atomic E-state index is 14.2. The Bertz CT molecular complexity index is 1390. The number of hydrogen-bond acceptors (Lipinski definition) is 4. The van der Waals surface area contributed by atoms with E-state index in [0.717, 1.165) is 10.8 Å². The molecule has 1 atom stereocenters. The Hall–Kier alpha value is -3.16. The summed E-state index contributed by atoms with van der Waals surface area (Å²) >= 11 is 0. The smallest absolute Gasteiger partial charge is 0.330 e. The minimum Gasteiger partial charge on any atom is -0.464 e. The molecule has 0 spiro atoms. The van der Waals surface area contributed by atoms with Crippen LogP contribution in [0.4, 0.5) is 0 Å². The highest BCUT2D eigenvalue weighted by molar-refractivity contribution is 7.89. The Kier molecular flexibility index (Phi) is 7.73. The van der Waals surface area contributed by atoms with Gasteiger partial charge in [0.05, 0.1) is 11.5 Å². The molecular weight excluding hydrogens is 510 g/mol. The predicted octanol–water partition coefficient (Wildman–Crippen LogP) is 5.20. The number of sulfonamides is 1. The maximum atomic E-state index is 14.2. The van der Waals surface area contributed by atoms with Crippen LogP contribution in [-0.4, -0.2) is 39.4 Å². The molecule has 7 heteroatoms. The zero-order chi connectivity index (χ0) is 27.7. The third kappa shape index (κ3) is 4.62. The lowest BCUT2D eigenvalue weighted by Crippen LogP contribution is -2.66. The van der Waals surface area contributed by atoms with Gasteiger partial charge in [0.2, 0.25) is 0 Å². The van der Waals surface area contributed by atoms with E-state index in [-0.39, 0.29) is 16.5 Å². The summed E-state index contributed by atoms with van der Waals surface area (Å²) in [5, 5.41) is 3.17. The standard InChI is InChI=1S/C31H37NO4SSi/c1-7-36-30(33)28-22-29(24(3)32(28)37(34,35)25-20-18-23(2)19-21-25)38(31(4,5)6,26-14-10-8-11-15-26)27-16-12-9-13-17-27/h8-21,28H,7,22H2,1-6H3. The fourth-order valence-electron chi connectivity index (χ4n) is 6.01. The number of nitrogens with zero attached hydrogens (tertiary/aromatic N) is 1. The maximum Gasteiger partial charge on any atom is 0.330 e. The fraction of sp³-hybridized carbons (Fsp3) is 0.323. The van der Waals surface area contributed by atoms with Gasteiger partial charge in [-0.05, 0) is 59.9 Å². The van der Waals surface area contributed by atoms with Crippen molar-refractivity contribution in [3.05, 3.63) is 101 Å². The molecular formula is C31H37NO4SSi. The number of allylic oxidation sites excluding steroid dienone is 1. The molecule has 4 rings (SSSR count). The highest BCUT2D eigenvalue weighted by Gasteiger charge is 2.56. The monoisotopic (exact) mass is 547 g/mol. The minimum absolute atomic E-state index is 0.167. The molecule has 0 saturated heterocycles. The van der Waals surface area contributed by atoms with E-state index in [0.29, 0.717) is 12.1 Å². The molecule has 5 nitrogen and oxygen atoms in total. The lowest BCUT2D eigenvalue weighted by Gasteiger charge is -2.45. The van der Waals surface area contributed by atoms with Gasteiger partial charge in [-0.25, -0.2) is 13.2 Å². The van der Waals surface area contributed by atoms with Gasteiger partial charge < -0.3 is 4.74 Å². The normalized spacial score (nSPS) is 16.6. The number of hydrogen-bond donors (Lipinski definition) is 0. The lowest BCUT2D eigenvalue weighted by molar-refractivity contribution is -0.146. The summed E-state index contributed by atoms with van der Waals surface area (Å²) in [5.74, 6) is -0.518. The average molecular weight is 548 g/mol. The number of ether oxygens (including phenoxy) is 1. The molecule has 0 bridgehead atoms. The van der Waals surface area contributed by atoms with E-state index in [1.807, 2.05) is 50.2 Å². The van der Waals surface area contributed by atoms with Gasteiger partial charge in [-0.3, -0.25) is 4.31 Å². The molecule has 3 aromatic rings. The van der Waals surface area contributed by atoms with Gasteiger partial charge in [-0.15, -0.1) is 0 Å². The molecule has 0 aromatic heterocycles. The van der Waals surface area contributed by atoms with Crippen molar-refractivity contribution < 1.29 is 17.9 Å². The largest absolute Gasteiger partial charge is 0.464 e. The van der Waals surface area contributed by atoms with Crippen LogP contribution in [-0.2, 0) is 19.6 Å². The zero-order valence-electron chi connectivity index (χ0n) is 23.1. The molecule has 1 aliphatic heterocycles. The van der Waals surface area contributed by atoms with Crippen molar-refractivity contribution in [3.63, 3.8) is 0 Å². The second-order valence-corrected chi connectivity index (χ2v) is 17.5. The Morgan fingerprint density at radius 1 is 0.895 bits per heavy atom. The summed E-state index contributed by atoms with van der Waals surface area (Å²) < 4.78 is 35.1. The molecule has 3 aromatic carbocycles. The molecule has 38 heavy (non-hydrogen) atoms. The van der Waals surface area contributed by atoms with Gasteiger partial charge in [0.1, 0.15) is 6.04 Å². The van der Waals surface area contributed by atoms with Crippen molar-refractivity contribution in [2.75, 3.05) is 6.61 Å². The SMILES string of the molecule is CCOC(=O)C1CC([Si](c2ccccc2)(c2ccccc2)C(C)(C)C)=C(C)N1S(=O)(=O)c1ccc(C)cc1. The summed E-state index contributed by atoms with van der Waals surface area (Å²) in [5.41, 5.74) is 1.59. The first-order chi connectivity index (χ1) is 18.0. The van der Waals surface area contributed by atoms with E-state index < -0.39 is 30.1 Å². The highest BCUT2D eigenvalue weighted by Crippen LogP contribution is 2.47. The van der Waals surface area contributed by atoms with Crippen molar-refractivity contribution in [2.24, 2.45) is 0 Å². The summed E-state index contributed by atoms with van der Waals surface area (Å²) in [6, 6.07) is 26.6. The molecule has 0 saturated carbocycles. The highest BCUT2D eigenvalue weighted by atomic mass is 32.2. The van der Waals surface area contributed by atoms with Crippen LogP contribution >= 0.6 is 0 Å². The number of carbonyl (C=O) groups excluding carboxylic acids is 1. The van der Waals surface area contributed by atoms with Crippen LogP contribution in [0.1, 0.15) is 46.6 Å². The summed E-state index contributed by atoms with van der Waals surface area (Å²) in [6.07, 6.45) is 0.295. The number of benzene rings is 3. The van der Waals surface area contributed by atoms with Gasteiger partial charge in [0.15, 0.2) is 8.07 Å². The van der Waals surface area contributed by atoms with Crippen LogP contribution in [0.3, 0.4) is 0 Å². The topological polar surface area (TPSA) is 63.7 Å². The van der Waals surface area contributed by atoms with Crippen LogP contribution in [0.5, 0.6) is 0 Å². The van der Waals surface area contributed by atoms with E-state index in [4.69, 9.17) is 4.74 Å². The van der Waals surface area contributed by atoms with E-state index >= 15 is 0 Å². The number of aryl methyl sites for hydroxylation is 1. The second-order valence-electron chi connectivity index (χ2n) is 10.9. The first kappa shape index (κ1) is 27.9. The molecule has 0 N–H and O–H groups in total. The van der Waals surface area contributed by atoms with Crippen molar-refractivity contribution in [2.45, 2.75) is 63.9 Å². The van der Waals surface area contributed by atoms with Crippen LogP contribution in [0, 0.1) is 6.92 Å².